The van der Waals surface area contributed by atoms with Crippen molar-refractivity contribution in [3.8, 4) is 11.5 Å². The Morgan fingerprint density at radius 3 is 2.13 bits per heavy atom. The SMILES string of the molecule is COc1cc(/C=N\N2C(=O)c3ccc4c5c(ccc(c35)C2=O)CC4)cc(Br)c1OC. The van der Waals surface area contributed by atoms with Gasteiger partial charge in [-0.1, -0.05) is 12.1 Å². The molecular weight excluding hydrogens is 448 g/mol. The van der Waals surface area contributed by atoms with E-state index in [0.717, 1.165) is 28.6 Å². The molecule has 0 saturated heterocycles. The predicted octanol–water partition coefficient (Wildman–Crippen LogP) is 4.35. The lowest BCUT2D eigenvalue weighted by atomic mass is 9.92. The summed E-state index contributed by atoms with van der Waals surface area (Å²) in [6, 6.07) is 11.1. The van der Waals surface area contributed by atoms with Gasteiger partial charge in [0, 0.05) is 5.39 Å². The molecule has 0 unspecified atom stereocenters. The van der Waals surface area contributed by atoms with E-state index >= 15 is 0 Å². The Hall–Kier alpha value is -3.19. The van der Waals surface area contributed by atoms with Gasteiger partial charge in [-0.3, -0.25) is 9.59 Å². The van der Waals surface area contributed by atoms with Gasteiger partial charge < -0.3 is 9.47 Å². The highest BCUT2D eigenvalue weighted by Gasteiger charge is 2.35. The number of halogens is 1. The first kappa shape index (κ1) is 18.8. The molecule has 0 N–H and O–H groups in total. The summed E-state index contributed by atoms with van der Waals surface area (Å²) >= 11 is 3.43. The molecule has 3 aromatic carbocycles. The molecule has 6 nitrogen and oxygen atoms in total. The van der Waals surface area contributed by atoms with Crippen LogP contribution in [-0.4, -0.2) is 37.3 Å². The van der Waals surface area contributed by atoms with Crippen molar-refractivity contribution in [2.75, 3.05) is 14.2 Å². The largest absolute Gasteiger partial charge is 0.493 e. The maximum Gasteiger partial charge on any atom is 0.282 e. The minimum Gasteiger partial charge on any atom is -0.493 e. The molecule has 1 aliphatic heterocycles. The molecule has 150 valence electrons. The van der Waals surface area contributed by atoms with Crippen molar-refractivity contribution >= 4 is 44.7 Å². The van der Waals surface area contributed by atoms with Gasteiger partial charge in [-0.05, 0) is 75.1 Å². The zero-order chi connectivity index (χ0) is 21.0. The average Bonchev–Trinajstić information content (AvgIpc) is 3.17. The summed E-state index contributed by atoms with van der Waals surface area (Å²) in [6.45, 7) is 0. The van der Waals surface area contributed by atoms with Crippen LogP contribution in [0, 0.1) is 0 Å². The fraction of sp³-hybridized carbons (Fsp3) is 0.174. The standard InChI is InChI=1S/C23H17BrN2O4/c1-29-18-10-12(9-17(24)21(18)30-2)11-25-26-22(27)15-7-5-13-3-4-14-6-8-16(23(26)28)20(15)19(13)14/h5-11H,3-4H2,1-2H3/b25-11-. The minimum absolute atomic E-state index is 0.418. The van der Waals surface area contributed by atoms with Gasteiger partial charge in [0.2, 0.25) is 0 Å². The molecule has 5 rings (SSSR count). The van der Waals surface area contributed by atoms with E-state index in [4.69, 9.17) is 9.47 Å². The Balaban J connectivity index is 1.57. The molecule has 0 aromatic heterocycles. The quantitative estimate of drug-likeness (QED) is 0.425. The summed E-state index contributed by atoms with van der Waals surface area (Å²) in [5, 5.41) is 6.97. The summed E-state index contributed by atoms with van der Waals surface area (Å²) in [5.74, 6) is 0.230. The summed E-state index contributed by atoms with van der Waals surface area (Å²) in [7, 11) is 3.09. The van der Waals surface area contributed by atoms with Crippen molar-refractivity contribution in [2.24, 2.45) is 5.10 Å². The number of methoxy groups -OCH3 is 2. The molecule has 2 amide bonds. The number of nitrogens with zero attached hydrogens (tertiary/aromatic N) is 2. The second-order valence-corrected chi connectivity index (χ2v) is 8.05. The van der Waals surface area contributed by atoms with Crippen molar-refractivity contribution < 1.29 is 19.1 Å². The molecule has 7 heteroatoms. The van der Waals surface area contributed by atoms with Crippen LogP contribution in [0.1, 0.15) is 37.4 Å². The molecule has 0 bridgehead atoms. The lowest BCUT2D eigenvalue weighted by molar-refractivity contribution is 0.0616. The topological polar surface area (TPSA) is 68.2 Å². The zero-order valence-corrected chi connectivity index (χ0v) is 17.9. The van der Waals surface area contributed by atoms with Crippen LogP contribution in [0.15, 0.2) is 46.0 Å². The molecule has 1 heterocycles. The van der Waals surface area contributed by atoms with Crippen LogP contribution in [0.4, 0.5) is 0 Å². The fourth-order valence-electron chi connectivity index (χ4n) is 4.25. The number of ether oxygens (including phenoxy) is 2. The van der Waals surface area contributed by atoms with Gasteiger partial charge in [0.15, 0.2) is 11.5 Å². The Labute approximate surface area is 181 Å². The van der Waals surface area contributed by atoms with Crippen LogP contribution >= 0.6 is 15.9 Å². The number of aryl methyl sites for hydroxylation is 2. The number of imide groups is 1. The number of rotatable bonds is 4. The van der Waals surface area contributed by atoms with Crippen LogP contribution in [0.25, 0.3) is 10.8 Å². The monoisotopic (exact) mass is 464 g/mol. The van der Waals surface area contributed by atoms with E-state index in [0.29, 0.717) is 32.7 Å². The first-order chi connectivity index (χ1) is 14.5. The average molecular weight is 465 g/mol. The first-order valence-electron chi connectivity index (χ1n) is 9.45. The van der Waals surface area contributed by atoms with E-state index in [1.54, 1.807) is 31.4 Å². The molecule has 3 aromatic rings. The highest BCUT2D eigenvalue weighted by molar-refractivity contribution is 9.10. The van der Waals surface area contributed by atoms with Gasteiger partial charge in [0.25, 0.3) is 11.8 Å². The van der Waals surface area contributed by atoms with E-state index in [1.807, 2.05) is 12.1 Å². The van der Waals surface area contributed by atoms with E-state index < -0.39 is 11.8 Å². The van der Waals surface area contributed by atoms with Gasteiger partial charge in [-0.25, -0.2) is 0 Å². The highest BCUT2D eigenvalue weighted by atomic mass is 79.9. The minimum atomic E-state index is -0.418. The summed E-state index contributed by atoms with van der Waals surface area (Å²) < 4.78 is 11.3. The molecule has 0 spiro atoms. The van der Waals surface area contributed by atoms with Crippen LogP contribution in [0.5, 0.6) is 11.5 Å². The van der Waals surface area contributed by atoms with E-state index in [9.17, 15) is 9.59 Å². The van der Waals surface area contributed by atoms with Crippen LogP contribution in [-0.2, 0) is 12.8 Å². The normalized spacial score (nSPS) is 14.8. The Kier molecular flexibility index (Phi) is 4.36. The molecule has 1 aliphatic carbocycles. The van der Waals surface area contributed by atoms with Crippen molar-refractivity contribution in [3.63, 3.8) is 0 Å². The second-order valence-electron chi connectivity index (χ2n) is 7.20. The van der Waals surface area contributed by atoms with E-state index in [1.165, 1.54) is 24.5 Å². The number of hydrogen-bond donors (Lipinski definition) is 0. The number of amides is 2. The van der Waals surface area contributed by atoms with E-state index in [-0.39, 0.29) is 0 Å². The van der Waals surface area contributed by atoms with Crippen molar-refractivity contribution in [1.82, 2.24) is 5.01 Å². The predicted molar refractivity (Wildman–Crippen MR) is 117 cm³/mol. The van der Waals surface area contributed by atoms with Gasteiger partial charge in [0.05, 0.1) is 36.0 Å². The number of hydrazone groups is 1. The fourth-order valence-corrected chi connectivity index (χ4v) is 4.87. The third kappa shape index (κ3) is 2.65. The Morgan fingerprint density at radius 1 is 0.933 bits per heavy atom. The molecule has 0 atom stereocenters. The van der Waals surface area contributed by atoms with Gasteiger partial charge in [-0.2, -0.15) is 10.1 Å². The summed E-state index contributed by atoms with van der Waals surface area (Å²) in [5.41, 5.74) is 4.06. The number of carbonyl (C=O) groups is 2. The van der Waals surface area contributed by atoms with Gasteiger partial charge >= 0.3 is 0 Å². The molecule has 0 radical (unpaired) electrons. The van der Waals surface area contributed by atoms with Crippen molar-refractivity contribution in [3.05, 3.63) is 68.7 Å². The summed E-state index contributed by atoms with van der Waals surface area (Å²) in [6.07, 6.45) is 3.34. The molecule has 0 fully saturated rings. The second kappa shape index (κ2) is 6.95. The lowest BCUT2D eigenvalue weighted by Crippen LogP contribution is -2.36. The molecule has 2 aliphatic rings. The zero-order valence-electron chi connectivity index (χ0n) is 16.4. The smallest absolute Gasteiger partial charge is 0.282 e. The third-order valence-corrected chi connectivity index (χ3v) is 6.21. The van der Waals surface area contributed by atoms with Crippen LogP contribution < -0.4 is 9.47 Å². The molecule has 0 saturated carbocycles. The maximum absolute atomic E-state index is 13.1. The lowest BCUT2D eigenvalue weighted by Gasteiger charge is -2.23. The van der Waals surface area contributed by atoms with Gasteiger partial charge in [0.1, 0.15) is 0 Å². The van der Waals surface area contributed by atoms with Crippen molar-refractivity contribution in [2.45, 2.75) is 12.8 Å². The number of hydrogen-bond acceptors (Lipinski definition) is 5. The molecule has 30 heavy (non-hydrogen) atoms. The first-order valence-corrected chi connectivity index (χ1v) is 10.2. The number of benzene rings is 3. The highest BCUT2D eigenvalue weighted by Crippen LogP contribution is 2.39. The van der Waals surface area contributed by atoms with Crippen LogP contribution in [0.2, 0.25) is 0 Å². The Bertz CT molecular complexity index is 1220. The maximum atomic E-state index is 13.1. The van der Waals surface area contributed by atoms with Crippen LogP contribution in [0.3, 0.4) is 0 Å². The summed E-state index contributed by atoms with van der Waals surface area (Å²) in [4.78, 5) is 26.2. The third-order valence-electron chi connectivity index (χ3n) is 5.62. The van der Waals surface area contributed by atoms with Gasteiger partial charge in [-0.15, -0.1) is 0 Å². The van der Waals surface area contributed by atoms with E-state index in [2.05, 4.69) is 21.0 Å². The number of carbonyl (C=O) groups excluding carboxylic acids is 2. The Morgan fingerprint density at radius 2 is 1.57 bits per heavy atom. The molecular formula is C23H17BrN2O4. The van der Waals surface area contributed by atoms with Crippen molar-refractivity contribution in [1.29, 1.82) is 0 Å².